The van der Waals surface area contributed by atoms with Gasteiger partial charge < -0.3 is 9.42 Å². The number of nitrogens with zero attached hydrogens (tertiary/aromatic N) is 4. The van der Waals surface area contributed by atoms with Gasteiger partial charge in [-0.3, -0.25) is 9.69 Å². The normalized spacial score (nSPS) is 15.1. The Bertz CT molecular complexity index is 929. The third-order valence-corrected chi connectivity index (χ3v) is 6.38. The average Bonchev–Trinajstić information content (AvgIpc) is 3.40. The zero-order valence-corrected chi connectivity index (χ0v) is 18.2. The lowest BCUT2D eigenvalue weighted by atomic mass is 10.1. The molecule has 0 spiro atoms. The van der Waals surface area contributed by atoms with Crippen LogP contribution in [-0.2, 0) is 13.1 Å². The van der Waals surface area contributed by atoms with Gasteiger partial charge in [0.05, 0.1) is 4.88 Å². The molecule has 3 aromatic rings. The second-order valence-electron chi connectivity index (χ2n) is 7.70. The zero-order chi connectivity index (χ0) is 20.8. The molecule has 4 rings (SSSR count). The van der Waals surface area contributed by atoms with Crippen LogP contribution < -0.4 is 0 Å². The fraction of sp³-hybridized carbons (Fsp3) is 0.435. The zero-order valence-electron chi connectivity index (χ0n) is 17.4. The van der Waals surface area contributed by atoms with Crippen LogP contribution in [0.5, 0.6) is 0 Å². The molecule has 0 saturated carbocycles. The van der Waals surface area contributed by atoms with E-state index in [1.807, 2.05) is 36.6 Å². The summed E-state index contributed by atoms with van der Waals surface area (Å²) in [5.41, 5.74) is 1.95. The van der Waals surface area contributed by atoms with Gasteiger partial charge in [-0.2, -0.15) is 4.98 Å². The Morgan fingerprint density at radius 3 is 2.57 bits per heavy atom. The molecular formula is C23H28N4O2S. The van der Waals surface area contributed by atoms with Crippen LogP contribution >= 0.6 is 11.3 Å². The second-order valence-corrected chi connectivity index (χ2v) is 8.64. The molecule has 1 aliphatic heterocycles. The highest BCUT2D eigenvalue weighted by atomic mass is 32.1. The Morgan fingerprint density at radius 1 is 1.13 bits per heavy atom. The third kappa shape index (κ3) is 5.15. The van der Waals surface area contributed by atoms with Crippen molar-refractivity contribution < 1.29 is 9.32 Å². The van der Waals surface area contributed by atoms with Crippen molar-refractivity contribution in [2.75, 3.05) is 19.6 Å². The van der Waals surface area contributed by atoms with Crippen molar-refractivity contribution in [2.45, 2.75) is 45.7 Å². The minimum atomic E-state index is -0.0188. The molecule has 0 aliphatic carbocycles. The van der Waals surface area contributed by atoms with Crippen LogP contribution in [0.2, 0.25) is 0 Å². The standard InChI is InChI=1S/C23H28N4O2S/c1-2-27(17-21-24-22(25-29-21)20-8-7-15-30-20)23(28)19-11-9-18(10-12-19)16-26-13-5-3-4-6-14-26/h7-12,15H,2-6,13-14,16-17H2,1H3. The lowest BCUT2D eigenvalue weighted by Gasteiger charge is -2.21. The molecule has 0 N–H and O–H groups in total. The number of hydrogen-bond donors (Lipinski definition) is 0. The first-order chi connectivity index (χ1) is 14.7. The SMILES string of the molecule is CCN(Cc1nc(-c2cccs2)no1)C(=O)c1ccc(CN2CCCCCC2)cc1. The maximum atomic E-state index is 13.0. The van der Waals surface area contributed by atoms with Crippen LogP contribution in [0, 0.1) is 0 Å². The number of carbonyl (C=O) groups excluding carboxylic acids is 1. The van der Waals surface area contributed by atoms with Crippen LogP contribution in [0.15, 0.2) is 46.3 Å². The minimum absolute atomic E-state index is 0.0188. The van der Waals surface area contributed by atoms with Crippen LogP contribution in [0.1, 0.15) is 54.4 Å². The number of thiophene rings is 1. The first kappa shape index (κ1) is 20.8. The molecular weight excluding hydrogens is 396 g/mol. The van der Waals surface area contributed by atoms with Crippen molar-refractivity contribution in [2.24, 2.45) is 0 Å². The summed E-state index contributed by atoms with van der Waals surface area (Å²) < 4.78 is 5.37. The lowest BCUT2D eigenvalue weighted by Crippen LogP contribution is -2.30. The molecule has 30 heavy (non-hydrogen) atoms. The first-order valence-electron chi connectivity index (χ1n) is 10.7. The first-order valence-corrected chi connectivity index (χ1v) is 11.6. The van der Waals surface area contributed by atoms with E-state index in [1.54, 1.807) is 16.2 Å². The molecule has 1 amide bonds. The van der Waals surface area contributed by atoms with Gasteiger partial charge in [-0.15, -0.1) is 11.3 Å². The molecule has 0 radical (unpaired) electrons. The van der Waals surface area contributed by atoms with Crippen LogP contribution in [-0.4, -0.2) is 45.5 Å². The Morgan fingerprint density at radius 2 is 1.90 bits per heavy atom. The Balaban J connectivity index is 1.38. The van der Waals surface area contributed by atoms with E-state index < -0.39 is 0 Å². The van der Waals surface area contributed by atoms with Crippen LogP contribution in [0.25, 0.3) is 10.7 Å². The highest BCUT2D eigenvalue weighted by Gasteiger charge is 2.19. The summed E-state index contributed by atoms with van der Waals surface area (Å²) in [6.45, 7) is 6.14. The van der Waals surface area contributed by atoms with Gasteiger partial charge in [-0.05, 0) is 62.0 Å². The van der Waals surface area contributed by atoms with E-state index in [0.717, 1.165) is 11.4 Å². The van der Waals surface area contributed by atoms with Crippen molar-refractivity contribution in [3.05, 3.63) is 58.8 Å². The fourth-order valence-corrected chi connectivity index (χ4v) is 4.45. The van der Waals surface area contributed by atoms with Crippen molar-refractivity contribution in [3.8, 4) is 10.7 Å². The van der Waals surface area contributed by atoms with E-state index in [4.69, 9.17) is 4.52 Å². The molecule has 0 bridgehead atoms. The molecule has 7 heteroatoms. The molecule has 6 nitrogen and oxygen atoms in total. The second kappa shape index (κ2) is 10.00. The third-order valence-electron chi connectivity index (χ3n) is 5.51. The number of likely N-dealkylation sites (tertiary alicyclic amines) is 1. The van der Waals surface area contributed by atoms with E-state index in [-0.39, 0.29) is 5.91 Å². The molecule has 1 aromatic carbocycles. The highest BCUT2D eigenvalue weighted by Crippen LogP contribution is 2.22. The van der Waals surface area contributed by atoms with E-state index in [0.29, 0.717) is 30.4 Å². The number of rotatable bonds is 7. The number of hydrogen-bond acceptors (Lipinski definition) is 6. The Labute approximate surface area is 181 Å². The van der Waals surface area contributed by atoms with Gasteiger partial charge in [-0.1, -0.05) is 36.2 Å². The monoisotopic (exact) mass is 424 g/mol. The number of carbonyl (C=O) groups is 1. The van der Waals surface area contributed by atoms with E-state index in [9.17, 15) is 4.79 Å². The van der Waals surface area contributed by atoms with E-state index in [2.05, 4.69) is 27.2 Å². The summed E-state index contributed by atoms with van der Waals surface area (Å²) in [4.78, 5) is 22.6. The molecule has 1 aliphatic rings. The largest absolute Gasteiger partial charge is 0.337 e. The summed E-state index contributed by atoms with van der Waals surface area (Å²) in [5.74, 6) is 1.00. The summed E-state index contributed by atoms with van der Waals surface area (Å²) in [6, 6.07) is 11.9. The average molecular weight is 425 g/mol. The smallest absolute Gasteiger partial charge is 0.254 e. The lowest BCUT2D eigenvalue weighted by molar-refractivity contribution is 0.0734. The predicted molar refractivity (Wildman–Crippen MR) is 118 cm³/mol. The molecule has 158 valence electrons. The van der Waals surface area contributed by atoms with Gasteiger partial charge in [0.2, 0.25) is 11.7 Å². The van der Waals surface area contributed by atoms with Gasteiger partial charge in [0.15, 0.2) is 0 Å². The van der Waals surface area contributed by atoms with Gasteiger partial charge in [-0.25, -0.2) is 0 Å². The molecule has 3 heterocycles. The maximum absolute atomic E-state index is 13.0. The van der Waals surface area contributed by atoms with Gasteiger partial charge >= 0.3 is 0 Å². The van der Waals surface area contributed by atoms with Crippen molar-refractivity contribution >= 4 is 17.2 Å². The van der Waals surface area contributed by atoms with Gasteiger partial charge in [0.25, 0.3) is 5.91 Å². The predicted octanol–water partition coefficient (Wildman–Crippen LogP) is 4.84. The molecule has 2 aromatic heterocycles. The van der Waals surface area contributed by atoms with Gasteiger partial charge in [0, 0.05) is 18.7 Å². The molecule has 0 unspecified atom stereocenters. The highest BCUT2D eigenvalue weighted by molar-refractivity contribution is 7.13. The summed E-state index contributed by atoms with van der Waals surface area (Å²) >= 11 is 1.56. The van der Waals surface area contributed by atoms with Crippen LogP contribution in [0.3, 0.4) is 0 Å². The molecule has 1 fully saturated rings. The molecule has 1 saturated heterocycles. The topological polar surface area (TPSA) is 62.5 Å². The summed E-state index contributed by atoms with van der Waals surface area (Å²) in [7, 11) is 0. The van der Waals surface area contributed by atoms with Crippen molar-refractivity contribution in [1.82, 2.24) is 19.9 Å². The van der Waals surface area contributed by atoms with E-state index in [1.165, 1.54) is 44.3 Å². The van der Waals surface area contributed by atoms with Crippen molar-refractivity contribution in [1.29, 1.82) is 0 Å². The van der Waals surface area contributed by atoms with Crippen LogP contribution in [0.4, 0.5) is 0 Å². The van der Waals surface area contributed by atoms with Crippen molar-refractivity contribution in [3.63, 3.8) is 0 Å². The number of aromatic nitrogens is 2. The quantitative estimate of drug-likeness (QED) is 0.543. The molecule has 0 atom stereocenters. The summed E-state index contributed by atoms with van der Waals surface area (Å²) in [6.07, 6.45) is 5.25. The van der Waals surface area contributed by atoms with Gasteiger partial charge in [0.1, 0.15) is 6.54 Å². The fourth-order valence-electron chi connectivity index (χ4n) is 3.80. The minimum Gasteiger partial charge on any atom is -0.337 e. The van der Waals surface area contributed by atoms with E-state index >= 15 is 0 Å². The number of amides is 1. The summed E-state index contributed by atoms with van der Waals surface area (Å²) in [5, 5.41) is 6.01. The number of benzene rings is 1. The Kier molecular flexibility index (Phi) is 6.92. The maximum Gasteiger partial charge on any atom is 0.254 e. The Hall–Kier alpha value is -2.51.